The minimum absolute atomic E-state index is 0.269. The van der Waals surface area contributed by atoms with Crippen molar-refractivity contribution in [3.8, 4) is 11.3 Å². The van der Waals surface area contributed by atoms with Gasteiger partial charge in [0, 0.05) is 17.7 Å². The number of aryl methyl sites for hydroxylation is 1. The maximum Gasteiger partial charge on any atom is 0.260 e. The number of carbonyl (C=O) groups is 1. The van der Waals surface area contributed by atoms with Crippen LogP contribution in [-0.4, -0.2) is 22.5 Å². The summed E-state index contributed by atoms with van der Waals surface area (Å²) in [6.45, 7) is 2.08. The van der Waals surface area contributed by atoms with Crippen LogP contribution in [0.15, 0.2) is 71.3 Å². The van der Waals surface area contributed by atoms with E-state index in [1.807, 2.05) is 24.3 Å². The first-order valence-electron chi connectivity index (χ1n) is 10.5. The molecular formula is C26H19Cl2FN2O2. The van der Waals surface area contributed by atoms with E-state index in [4.69, 9.17) is 27.7 Å². The van der Waals surface area contributed by atoms with Gasteiger partial charge >= 0.3 is 0 Å². The maximum absolute atomic E-state index is 15.0. The van der Waals surface area contributed by atoms with Gasteiger partial charge in [0.15, 0.2) is 0 Å². The molecule has 0 saturated heterocycles. The topological polar surface area (TPSA) is 46.3 Å². The highest BCUT2D eigenvalue weighted by Gasteiger charge is 2.37. The summed E-state index contributed by atoms with van der Waals surface area (Å²) in [5.74, 6) is -0.340. The third-order valence-electron chi connectivity index (χ3n) is 6.02. The monoisotopic (exact) mass is 480 g/mol. The minimum atomic E-state index is -0.590. The van der Waals surface area contributed by atoms with Gasteiger partial charge in [-0.15, -0.1) is 0 Å². The van der Waals surface area contributed by atoms with E-state index in [2.05, 4.69) is 5.16 Å². The lowest BCUT2D eigenvalue weighted by Crippen LogP contribution is -2.41. The molecule has 1 unspecified atom stereocenters. The van der Waals surface area contributed by atoms with Crippen molar-refractivity contribution in [2.75, 3.05) is 6.54 Å². The van der Waals surface area contributed by atoms with Crippen LogP contribution in [0.25, 0.3) is 11.3 Å². The molecule has 3 aromatic carbocycles. The van der Waals surface area contributed by atoms with Gasteiger partial charge < -0.3 is 9.42 Å². The lowest BCUT2D eigenvalue weighted by molar-refractivity contribution is 0.0691. The van der Waals surface area contributed by atoms with Crippen molar-refractivity contribution in [2.24, 2.45) is 0 Å². The van der Waals surface area contributed by atoms with E-state index in [0.717, 1.165) is 11.1 Å². The van der Waals surface area contributed by atoms with Crippen molar-refractivity contribution >= 4 is 29.1 Å². The van der Waals surface area contributed by atoms with Crippen LogP contribution >= 0.6 is 23.2 Å². The molecule has 1 aliphatic rings. The van der Waals surface area contributed by atoms with E-state index in [9.17, 15) is 9.18 Å². The molecule has 0 fully saturated rings. The van der Waals surface area contributed by atoms with Crippen molar-refractivity contribution in [2.45, 2.75) is 19.4 Å². The third-order valence-corrected chi connectivity index (χ3v) is 6.65. The van der Waals surface area contributed by atoms with E-state index in [-0.39, 0.29) is 23.0 Å². The molecule has 1 aromatic heterocycles. The summed E-state index contributed by atoms with van der Waals surface area (Å²) in [6, 6.07) is 18.9. The quantitative estimate of drug-likeness (QED) is 0.320. The maximum atomic E-state index is 15.0. The average molecular weight is 481 g/mol. The lowest BCUT2D eigenvalue weighted by Gasteiger charge is -2.38. The first-order valence-corrected chi connectivity index (χ1v) is 11.3. The fourth-order valence-corrected chi connectivity index (χ4v) is 5.06. The zero-order valence-electron chi connectivity index (χ0n) is 17.7. The number of amides is 1. The Labute approximate surface area is 200 Å². The van der Waals surface area contributed by atoms with Gasteiger partial charge in [0.05, 0.1) is 16.1 Å². The first kappa shape index (κ1) is 21.7. The zero-order chi connectivity index (χ0) is 23.1. The Morgan fingerprint density at radius 1 is 1.00 bits per heavy atom. The average Bonchev–Trinajstić information content (AvgIpc) is 3.19. The van der Waals surface area contributed by atoms with E-state index < -0.39 is 6.04 Å². The van der Waals surface area contributed by atoms with Crippen LogP contribution < -0.4 is 0 Å². The van der Waals surface area contributed by atoms with E-state index in [1.54, 1.807) is 48.2 Å². The molecule has 33 heavy (non-hydrogen) atoms. The Balaban J connectivity index is 1.67. The predicted molar refractivity (Wildman–Crippen MR) is 126 cm³/mol. The molecular weight excluding hydrogens is 462 g/mol. The van der Waals surface area contributed by atoms with Gasteiger partial charge in [0.2, 0.25) is 0 Å². The van der Waals surface area contributed by atoms with Crippen molar-refractivity contribution in [3.63, 3.8) is 0 Å². The van der Waals surface area contributed by atoms with Crippen molar-refractivity contribution in [1.29, 1.82) is 0 Å². The minimum Gasteiger partial charge on any atom is -0.360 e. The van der Waals surface area contributed by atoms with E-state index in [0.29, 0.717) is 39.9 Å². The molecule has 1 amide bonds. The summed E-state index contributed by atoms with van der Waals surface area (Å²) in [4.78, 5) is 15.7. The van der Waals surface area contributed by atoms with Crippen LogP contribution in [0, 0.1) is 12.7 Å². The molecule has 0 aliphatic carbocycles. The van der Waals surface area contributed by atoms with Gasteiger partial charge in [-0.2, -0.15) is 0 Å². The van der Waals surface area contributed by atoms with Gasteiger partial charge in [-0.25, -0.2) is 4.39 Å². The largest absolute Gasteiger partial charge is 0.360 e. The second-order valence-electron chi connectivity index (χ2n) is 7.93. The molecule has 4 aromatic rings. The molecule has 166 valence electrons. The van der Waals surface area contributed by atoms with Gasteiger partial charge in [-0.1, -0.05) is 76.9 Å². The molecule has 2 heterocycles. The Hall–Kier alpha value is -3.15. The highest BCUT2D eigenvalue weighted by atomic mass is 35.5. The Bertz CT molecular complexity index is 1350. The predicted octanol–water partition coefficient (Wildman–Crippen LogP) is 6.88. The van der Waals surface area contributed by atoms with E-state index >= 15 is 0 Å². The molecule has 0 bridgehead atoms. The molecule has 0 spiro atoms. The van der Waals surface area contributed by atoms with E-state index in [1.165, 1.54) is 6.07 Å². The van der Waals surface area contributed by atoms with Crippen LogP contribution in [0.2, 0.25) is 10.0 Å². The Kier molecular flexibility index (Phi) is 5.69. The molecule has 5 rings (SSSR count). The smallest absolute Gasteiger partial charge is 0.260 e. The standard InChI is InChI=1S/C26H19Cl2FN2O2/c1-15-22(24(30-33-15)23-19(27)10-6-11-20(23)28)26(32)31-14-13-16-7-2-3-8-17(16)25(31)18-9-4-5-12-21(18)29/h2-12,25H,13-14H2,1H3. The number of rotatable bonds is 3. The zero-order valence-corrected chi connectivity index (χ0v) is 19.2. The highest BCUT2D eigenvalue weighted by Crippen LogP contribution is 2.41. The summed E-state index contributed by atoms with van der Waals surface area (Å²) in [6.07, 6.45) is 0.652. The molecule has 0 N–H and O–H groups in total. The van der Waals surface area contributed by atoms with Crippen molar-refractivity contribution < 1.29 is 13.7 Å². The fourth-order valence-electron chi connectivity index (χ4n) is 4.48. The van der Waals surface area contributed by atoms with Crippen LogP contribution in [0.3, 0.4) is 0 Å². The Morgan fingerprint density at radius 2 is 1.67 bits per heavy atom. The molecule has 7 heteroatoms. The molecule has 1 atom stereocenters. The number of benzene rings is 3. The highest BCUT2D eigenvalue weighted by molar-refractivity contribution is 6.39. The van der Waals surface area contributed by atoms with Crippen LogP contribution in [0.4, 0.5) is 4.39 Å². The number of carbonyl (C=O) groups excluding carboxylic acids is 1. The normalized spacial score (nSPS) is 15.4. The number of hydrogen-bond acceptors (Lipinski definition) is 3. The second-order valence-corrected chi connectivity index (χ2v) is 8.74. The molecule has 4 nitrogen and oxygen atoms in total. The summed E-state index contributed by atoms with van der Waals surface area (Å²) >= 11 is 12.8. The summed E-state index contributed by atoms with van der Waals surface area (Å²) in [5, 5.41) is 4.84. The lowest BCUT2D eigenvalue weighted by atomic mass is 9.87. The SMILES string of the molecule is Cc1onc(-c2c(Cl)cccc2Cl)c1C(=O)N1CCc2ccccc2C1c1ccccc1F. The molecule has 0 radical (unpaired) electrons. The van der Waals surface area contributed by atoms with Gasteiger partial charge in [0.1, 0.15) is 22.8 Å². The summed E-state index contributed by atoms with van der Waals surface area (Å²) in [7, 11) is 0. The van der Waals surface area contributed by atoms with Crippen LogP contribution in [-0.2, 0) is 6.42 Å². The molecule has 0 saturated carbocycles. The van der Waals surface area contributed by atoms with Crippen LogP contribution in [0.1, 0.15) is 38.9 Å². The molecule has 1 aliphatic heterocycles. The fraction of sp³-hybridized carbons (Fsp3) is 0.154. The second kappa shape index (κ2) is 8.65. The van der Waals surface area contributed by atoms with Gasteiger partial charge in [-0.05, 0) is 42.7 Å². The number of nitrogens with zero attached hydrogens (tertiary/aromatic N) is 2. The van der Waals surface area contributed by atoms with Crippen molar-refractivity contribution in [1.82, 2.24) is 10.1 Å². The summed E-state index contributed by atoms with van der Waals surface area (Å²) < 4.78 is 20.4. The Morgan fingerprint density at radius 3 is 2.39 bits per heavy atom. The van der Waals surface area contributed by atoms with Crippen LogP contribution in [0.5, 0.6) is 0 Å². The number of halogens is 3. The van der Waals surface area contributed by atoms with Gasteiger partial charge in [-0.3, -0.25) is 4.79 Å². The third kappa shape index (κ3) is 3.71. The number of aromatic nitrogens is 1. The first-order chi connectivity index (χ1) is 16.0. The number of fused-ring (bicyclic) bond motifs is 1. The summed E-state index contributed by atoms with van der Waals surface area (Å²) in [5.41, 5.74) is 3.40. The number of hydrogen-bond donors (Lipinski definition) is 0. The van der Waals surface area contributed by atoms with Crippen molar-refractivity contribution in [3.05, 3.63) is 111 Å². The van der Waals surface area contributed by atoms with Gasteiger partial charge in [0.25, 0.3) is 5.91 Å².